The van der Waals surface area contributed by atoms with Crippen molar-refractivity contribution >= 4 is 11.4 Å². The van der Waals surface area contributed by atoms with Crippen LogP contribution < -0.4 is 5.32 Å². The largest absolute Gasteiger partial charge is 0.471 e. The molecule has 0 unspecified atom stereocenters. The lowest BCUT2D eigenvalue weighted by Crippen LogP contribution is -2.04. The van der Waals surface area contributed by atoms with E-state index in [-0.39, 0.29) is 17.1 Å². The van der Waals surface area contributed by atoms with E-state index in [9.17, 15) is 22.0 Å². The van der Waals surface area contributed by atoms with E-state index in [0.29, 0.717) is 5.69 Å². The van der Waals surface area contributed by atoms with Crippen molar-refractivity contribution in [2.45, 2.75) is 6.18 Å². The summed E-state index contributed by atoms with van der Waals surface area (Å²) in [5.74, 6) is -3.75. The molecule has 0 atom stereocenters. The van der Waals surface area contributed by atoms with Crippen LogP contribution in [0.25, 0.3) is 11.4 Å². The fourth-order valence-corrected chi connectivity index (χ4v) is 1.86. The summed E-state index contributed by atoms with van der Waals surface area (Å²) in [6, 6.07) is 10.2. The van der Waals surface area contributed by atoms with E-state index in [0.717, 1.165) is 12.1 Å². The molecule has 123 valence electrons. The van der Waals surface area contributed by atoms with Gasteiger partial charge in [-0.05, 0) is 18.2 Å². The van der Waals surface area contributed by atoms with Gasteiger partial charge in [-0.1, -0.05) is 17.3 Å². The maximum absolute atomic E-state index is 13.2. The van der Waals surface area contributed by atoms with Gasteiger partial charge in [0.05, 0.1) is 0 Å². The van der Waals surface area contributed by atoms with Crippen LogP contribution in [0.3, 0.4) is 0 Å². The van der Waals surface area contributed by atoms with Gasteiger partial charge in [0.2, 0.25) is 5.82 Å². The van der Waals surface area contributed by atoms with Crippen molar-refractivity contribution < 1.29 is 26.5 Å². The summed E-state index contributed by atoms with van der Waals surface area (Å²) in [4.78, 5) is 3.27. The van der Waals surface area contributed by atoms with Crippen LogP contribution in [0.15, 0.2) is 40.9 Å². The summed E-state index contributed by atoms with van der Waals surface area (Å²) in [5.41, 5.74) is 0.779. The monoisotopic (exact) mass is 340 g/mol. The first-order chi connectivity index (χ1) is 11.3. The van der Waals surface area contributed by atoms with Crippen LogP contribution in [0.4, 0.5) is 33.3 Å². The molecular weight excluding hydrogens is 333 g/mol. The highest BCUT2D eigenvalue weighted by atomic mass is 19.4. The van der Waals surface area contributed by atoms with Crippen LogP contribution >= 0.6 is 0 Å². The van der Waals surface area contributed by atoms with E-state index in [1.165, 1.54) is 24.3 Å². The smallest absolute Gasteiger partial charge is 0.355 e. The number of halogens is 5. The molecule has 3 rings (SSSR count). The minimum Gasteiger partial charge on any atom is -0.355 e. The van der Waals surface area contributed by atoms with Crippen molar-refractivity contribution in [1.29, 1.82) is 0 Å². The highest BCUT2D eigenvalue weighted by Crippen LogP contribution is 2.30. The number of benzene rings is 2. The topological polar surface area (TPSA) is 51.0 Å². The fraction of sp³-hybridized carbons (Fsp3) is 0.0667. The molecule has 0 fully saturated rings. The Bertz CT molecular complexity index is 876. The van der Waals surface area contributed by atoms with Crippen LogP contribution in [-0.4, -0.2) is 10.1 Å². The van der Waals surface area contributed by atoms with Crippen LogP contribution in [0.2, 0.25) is 0 Å². The molecule has 0 saturated heterocycles. The number of nitrogens with one attached hydrogen (secondary N) is 1. The van der Waals surface area contributed by atoms with E-state index >= 15 is 0 Å². The van der Waals surface area contributed by atoms with Crippen molar-refractivity contribution in [1.82, 2.24) is 10.1 Å². The number of alkyl halides is 3. The summed E-state index contributed by atoms with van der Waals surface area (Å²) < 4.78 is 67.7. The van der Waals surface area contributed by atoms with Gasteiger partial charge in [0.1, 0.15) is 0 Å². The highest BCUT2D eigenvalue weighted by Gasteiger charge is 2.38. The lowest BCUT2D eigenvalue weighted by atomic mass is 10.2. The molecule has 2 aromatic carbocycles. The summed E-state index contributed by atoms with van der Waals surface area (Å²) >= 11 is 0. The average molecular weight is 340 g/mol. The Kier molecular flexibility index (Phi) is 3.92. The zero-order valence-electron chi connectivity index (χ0n) is 11.7. The Labute approximate surface area is 131 Å². The molecule has 1 heterocycles. The van der Waals surface area contributed by atoms with Gasteiger partial charge in [-0.2, -0.15) is 18.2 Å². The van der Waals surface area contributed by atoms with E-state index in [1.807, 2.05) is 0 Å². The van der Waals surface area contributed by atoms with Crippen LogP contribution in [0.1, 0.15) is 5.89 Å². The van der Waals surface area contributed by atoms with Gasteiger partial charge in [-0.25, -0.2) is 8.78 Å². The first-order valence-electron chi connectivity index (χ1n) is 6.48. The highest BCUT2D eigenvalue weighted by molar-refractivity contribution is 5.66. The van der Waals surface area contributed by atoms with Gasteiger partial charge < -0.3 is 9.84 Å². The van der Waals surface area contributed by atoms with Gasteiger partial charge in [0.25, 0.3) is 0 Å². The molecule has 4 nitrogen and oxygen atoms in total. The third-order valence-corrected chi connectivity index (χ3v) is 2.93. The van der Waals surface area contributed by atoms with Gasteiger partial charge >= 0.3 is 12.1 Å². The van der Waals surface area contributed by atoms with Crippen molar-refractivity contribution in [3.63, 3.8) is 0 Å². The molecule has 0 bridgehead atoms. The van der Waals surface area contributed by atoms with Gasteiger partial charge in [0.15, 0.2) is 11.6 Å². The number of rotatable bonds is 3. The zero-order chi connectivity index (χ0) is 17.3. The third kappa shape index (κ3) is 3.34. The quantitative estimate of drug-likeness (QED) is 0.709. The van der Waals surface area contributed by atoms with Crippen LogP contribution in [0.5, 0.6) is 0 Å². The molecule has 3 aromatic rings. The number of nitrogens with zero attached hydrogens (tertiary/aromatic N) is 2. The molecular formula is C15H7F5N3O. The average Bonchev–Trinajstić information content (AvgIpc) is 3.01. The van der Waals surface area contributed by atoms with Gasteiger partial charge in [-0.15, -0.1) is 0 Å². The molecule has 0 amide bonds. The summed E-state index contributed by atoms with van der Waals surface area (Å²) in [6.45, 7) is 0. The molecule has 1 N–H and O–H groups in total. The van der Waals surface area contributed by atoms with Crippen molar-refractivity contribution in [3.8, 4) is 11.4 Å². The van der Waals surface area contributed by atoms with Gasteiger partial charge in [-0.3, -0.25) is 0 Å². The zero-order valence-corrected chi connectivity index (χ0v) is 11.7. The molecule has 0 aliphatic carbocycles. The lowest BCUT2D eigenvalue weighted by molar-refractivity contribution is -0.159. The van der Waals surface area contributed by atoms with Crippen molar-refractivity contribution in [2.75, 3.05) is 5.32 Å². The van der Waals surface area contributed by atoms with Crippen LogP contribution in [0, 0.1) is 17.7 Å². The van der Waals surface area contributed by atoms with E-state index < -0.39 is 23.7 Å². The second kappa shape index (κ2) is 5.91. The summed E-state index contributed by atoms with van der Waals surface area (Å²) in [6.07, 6.45) is -4.74. The fourth-order valence-electron chi connectivity index (χ4n) is 1.86. The minimum atomic E-state index is -4.74. The third-order valence-electron chi connectivity index (χ3n) is 2.93. The second-order valence-electron chi connectivity index (χ2n) is 4.67. The lowest BCUT2D eigenvalue weighted by Gasteiger charge is -2.07. The molecule has 0 spiro atoms. The minimum absolute atomic E-state index is 0.234. The first-order valence-corrected chi connectivity index (χ1v) is 6.48. The molecule has 9 heteroatoms. The Morgan fingerprint density at radius 2 is 1.83 bits per heavy atom. The van der Waals surface area contributed by atoms with E-state index in [1.54, 1.807) is 0 Å². The van der Waals surface area contributed by atoms with E-state index in [2.05, 4.69) is 26.0 Å². The van der Waals surface area contributed by atoms with E-state index in [4.69, 9.17) is 0 Å². The predicted molar refractivity (Wildman–Crippen MR) is 73.2 cm³/mol. The predicted octanol–water partition coefficient (Wildman–Crippen LogP) is 4.58. The normalized spacial score (nSPS) is 11.5. The molecule has 0 saturated carbocycles. The maximum atomic E-state index is 13.2. The molecule has 1 aromatic heterocycles. The second-order valence-corrected chi connectivity index (χ2v) is 4.67. The van der Waals surface area contributed by atoms with Gasteiger partial charge in [0, 0.05) is 29.1 Å². The maximum Gasteiger partial charge on any atom is 0.471 e. The molecule has 0 aliphatic rings. The summed E-state index contributed by atoms with van der Waals surface area (Å²) in [7, 11) is 0. The standard InChI is InChI=1S/C15H7F5N3O/c16-11-5-4-10(7-12(11)17)21-9-3-1-2-8(6-9)13-22-14(24-23-13)15(18,19)20/h1-2,4-7,21H. The van der Waals surface area contributed by atoms with Crippen molar-refractivity contribution in [3.05, 3.63) is 60.0 Å². The Balaban J connectivity index is 1.86. The SMILES string of the molecule is Fc1ccc(Nc2[c]ccc(-c3noc(C(F)(F)F)n3)c2)cc1F. The molecule has 24 heavy (non-hydrogen) atoms. The number of anilines is 2. The Hall–Kier alpha value is -2.97. The number of aromatic nitrogens is 2. The Morgan fingerprint density at radius 1 is 1.04 bits per heavy atom. The van der Waals surface area contributed by atoms with Crippen molar-refractivity contribution in [2.24, 2.45) is 0 Å². The number of hydrogen-bond donors (Lipinski definition) is 1. The number of hydrogen-bond acceptors (Lipinski definition) is 4. The molecule has 1 radical (unpaired) electrons. The summed E-state index contributed by atoms with van der Waals surface area (Å²) in [5, 5.41) is 6.02. The van der Waals surface area contributed by atoms with Crippen LogP contribution in [-0.2, 0) is 6.18 Å². The first kappa shape index (κ1) is 15.9. The molecule has 0 aliphatic heterocycles. The Morgan fingerprint density at radius 3 is 2.50 bits per heavy atom.